The zero-order valence-electron chi connectivity index (χ0n) is 15.9. The fraction of sp³-hybridized carbons (Fsp3) is 0.143. The Kier molecular flexibility index (Phi) is 4.18. The number of aromatic nitrogens is 6. The molecule has 0 aliphatic heterocycles. The van der Waals surface area contributed by atoms with E-state index in [1.54, 1.807) is 26.6 Å². The van der Waals surface area contributed by atoms with E-state index in [1.165, 1.54) is 0 Å². The highest BCUT2D eigenvalue weighted by Gasteiger charge is 2.15. The van der Waals surface area contributed by atoms with E-state index in [0.717, 1.165) is 38.8 Å². The molecule has 0 saturated heterocycles. The number of ether oxygens (including phenoxy) is 2. The van der Waals surface area contributed by atoms with Crippen LogP contribution in [0.25, 0.3) is 44.7 Å². The van der Waals surface area contributed by atoms with E-state index >= 15 is 0 Å². The molecule has 0 amide bonds. The largest absolute Gasteiger partial charge is 0.481 e. The van der Waals surface area contributed by atoms with Gasteiger partial charge in [-0.2, -0.15) is 5.10 Å². The van der Waals surface area contributed by atoms with Crippen molar-refractivity contribution in [1.82, 2.24) is 30.1 Å². The van der Waals surface area contributed by atoms with Crippen molar-refractivity contribution < 1.29 is 9.47 Å². The van der Waals surface area contributed by atoms with Crippen LogP contribution in [0.5, 0.6) is 5.88 Å². The number of hydrogen-bond acceptors (Lipinski definition) is 6. The number of methoxy groups -OCH3 is 2. The molecule has 5 rings (SSSR count). The number of imidazole rings is 1. The van der Waals surface area contributed by atoms with Crippen LogP contribution in [-0.2, 0) is 11.3 Å². The van der Waals surface area contributed by atoms with Crippen LogP contribution in [0.1, 0.15) is 5.56 Å². The van der Waals surface area contributed by atoms with E-state index in [1.807, 2.05) is 36.4 Å². The van der Waals surface area contributed by atoms with E-state index < -0.39 is 0 Å². The summed E-state index contributed by atoms with van der Waals surface area (Å²) in [6.07, 6.45) is 3.55. The minimum atomic E-state index is 0.502. The average molecular weight is 386 g/mol. The summed E-state index contributed by atoms with van der Waals surface area (Å²) < 4.78 is 10.4. The molecule has 4 aromatic heterocycles. The molecule has 8 heteroatoms. The highest BCUT2D eigenvalue weighted by atomic mass is 16.5. The predicted molar refractivity (Wildman–Crippen MR) is 109 cm³/mol. The molecule has 0 fully saturated rings. The third-order valence-corrected chi connectivity index (χ3v) is 4.82. The van der Waals surface area contributed by atoms with Gasteiger partial charge in [-0.05, 0) is 18.2 Å². The summed E-state index contributed by atoms with van der Waals surface area (Å²) in [5, 5.41) is 8.28. The van der Waals surface area contributed by atoms with Gasteiger partial charge in [-0.25, -0.2) is 15.0 Å². The Balaban J connectivity index is 1.62. The van der Waals surface area contributed by atoms with Crippen LogP contribution >= 0.6 is 0 Å². The van der Waals surface area contributed by atoms with Gasteiger partial charge in [-0.1, -0.05) is 12.1 Å². The number of hydrogen-bond donors (Lipinski definition) is 2. The second kappa shape index (κ2) is 6.99. The summed E-state index contributed by atoms with van der Waals surface area (Å²) in [5.41, 5.74) is 6.15. The van der Waals surface area contributed by atoms with Gasteiger partial charge in [0.25, 0.3) is 0 Å². The van der Waals surface area contributed by atoms with Crippen LogP contribution in [0.15, 0.2) is 48.8 Å². The second-order valence-corrected chi connectivity index (χ2v) is 6.61. The minimum Gasteiger partial charge on any atom is -0.481 e. The normalized spacial score (nSPS) is 11.4. The first-order valence-electron chi connectivity index (χ1n) is 9.08. The van der Waals surface area contributed by atoms with Crippen LogP contribution in [0.3, 0.4) is 0 Å². The van der Waals surface area contributed by atoms with Gasteiger partial charge in [0, 0.05) is 42.3 Å². The molecule has 0 radical (unpaired) electrons. The van der Waals surface area contributed by atoms with Crippen LogP contribution < -0.4 is 4.74 Å². The molecule has 144 valence electrons. The molecular weight excluding hydrogens is 368 g/mol. The maximum absolute atomic E-state index is 5.29. The van der Waals surface area contributed by atoms with Gasteiger partial charge >= 0.3 is 0 Å². The number of pyridine rings is 2. The second-order valence-electron chi connectivity index (χ2n) is 6.61. The molecule has 0 aliphatic rings. The number of fused-ring (bicyclic) bond motifs is 2. The van der Waals surface area contributed by atoms with E-state index in [2.05, 4.69) is 25.1 Å². The lowest BCUT2D eigenvalue weighted by atomic mass is 10.1. The van der Waals surface area contributed by atoms with E-state index in [9.17, 15) is 0 Å². The van der Waals surface area contributed by atoms with Gasteiger partial charge in [0.2, 0.25) is 5.88 Å². The summed E-state index contributed by atoms with van der Waals surface area (Å²) in [4.78, 5) is 16.9. The van der Waals surface area contributed by atoms with Crippen LogP contribution in [0.4, 0.5) is 0 Å². The molecule has 4 heterocycles. The number of benzene rings is 1. The number of nitrogens with zero attached hydrogens (tertiary/aromatic N) is 4. The molecular formula is C21H18N6O2. The monoisotopic (exact) mass is 386 g/mol. The smallest absolute Gasteiger partial charge is 0.212 e. The van der Waals surface area contributed by atoms with Crippen molar-refractivity contribution in [1.29, 1.82) is 0 Å². The highest BCUT2D eigenvalue weighted by Crippen LogP contribution is 2.30. The summed E-state index contributed by atoms with van der Waals surface area (Å²) >= 11 is 0. The maximum atomic E-state index is 5.29. The van der Waals surface area contributed by atoms with Gasteiger partial charge in [0.15, 0.2) is 11.5 Å². The van der Waals surface area contributed by atoms with Crippen molar-refractivity contribution in [3.05, 3.63) is 54.4 Å². The van der Waals surface area contributed by atoms with Crippen molar-refractivity contribution in [3.63, 3.8) is 0 Å². The van der Waals surface area contributed by atoms with Gasteiger partial charge < -0.3 is 14.5 Å². The molecule has 0 bridgehead atoms. The number of nitrogens with one attached hydrogen (secondary N) is 2. The van der Waals surface area contributed by atoms with E-state index in [4.69, 9.17) is 14.5 Å². The van der Waals surface area contributed by atoms with Gasteiger partial charge in [0.1, 0.15) is 5.69 Å². The third kappa shape index (κ3) is 2.99. The van der Waals surface area contributed by atoms with E-state index in [-0.39, 0.29) is 0 Å². The fourth-order valence-corrected chi connectivity index (χ4v) is 3.39. The molecule has 29 heavy (non-hydrogen) atoms. The third-order valence-electron chi connectivity index (χ3n) is 4.82. The number of para-hydroxylation sites is 1. The Labute approximate surface area is 165 Å². The van der Waals surface area contributed by atoms with Crippen molar-refractivity contribution in [2.75, 3.05) is 14.2 Å². The summed E-state index contributed by atoms with van der Waals surface area (Å²) in [6.45, 7) is 0.502. The SMILES string of the molecule is COCc1cccc2[nH]c(-c3[nH]nc4ncc(-c5ccc(OC)nc5)cc34)nc12. The van der Waals surface area contributed by atoms with Gasteiger partial charge in [-0.3, -0.25) is 5.10 Å². The maximum Gasteiger partial charge on any atom is 0.212 e. The molecule has 0 atom stereocenters. The fourth-order valence-electron chi connectivity index (χ4n) is 3.39. The lowest BCUT2D eigenvalue weighted by Gasteiger charge is -2.03. The molecule has 0 unspecified atom stereocenters. The van der Waals surface area contributed by atoms with E-state index in [0.29, 0.717) is 24.0 Å². The molecule has 5 aromatic rings. The first kappa shape index (κ1) is 17.3. The number of aromatic amines is 2. The first-order valence-corrected chi connectivity index (χ1v) is 9.08. The molecule has 0 spiro atoms. The zero-order valence-corrected chi connectivity index (χ0v) is 15.9. The lowest BCUT2D eigenvalue weighted by Crippen LogP contribution is -1.89. The summed E-state index contributed by atoms with van der Waals surface area (Å²) in [6, 6.07) is 11.8. The molecule has 8 nitrogen and oxygen atoms in total. The Morgan fingerprint density at radius 3 is 2.69 bits per heavy atom. The molecule has 2 N–H and O–H groups in total. The summed E-state index contributed by atoms with van der Waals surface area (Å²) in [7, 11) is 3.27. The Hall–Kier alpha value is -3.78. The minimum absolute atomic E-state index is 0.502. The Morgan fingerprint density at radius 1 is 1.00 bits per heavy atom. The average Bonchev–Trinajstić information content (AvgIpc) is 3.38. The van der Waals surface area contributed by atoms with Gasteiger partial charge in [-0.15, -0.1) is 0 Å². The molecule has 0 saturated carbocycles. The van der Waals surface area contributed by atoms with Crippen molar-refractivity contribution in [2.24, 2.45) is 0 Å². The summed E-state index contributed by atoms with van der Waals surface area (Å²) in [5.74, 6) is 1.28. The zero-order chi connectivity index (χ0) is 19.8. The van der Waals surface area contributed by atoms with Crippen molar-refractivity contribution in [2.45, 2.75) is 6.61 Å². The van der Waals surface area contributed by atoms with Crippen molar-refractivity contribution >= 4 is 22.1 Å². The first-order chi connectivity index (χ1) is 14.3. The van der Waals surface area contributed by atoms with Crippen molar-refractivity contribution in [3.8, 4) is 28.5 Å². The quantitative estimate of drug-likeness (QED) is 0.477. The topological polar surface area (TPSA) is 102 Å². The molecule has 0 aliphatic carbocycles. The number of rotatable bonds is 5. The highest BCUT2D eigenvalue weighted by molar-refractivity contribution is 5.93. The lowest BCUT2D eigenvalue weighted by molar-refractivity contribution is 0.186. The van der Waals surface area contributed by atoms with Gasteiger partial charge in [0.05, 0.1) is 30.1 Å². The predicted octanol–water partition coefficient (Wildman–Crippen LogP) is 3.72. The Morgan fingerprint density at radius 2 is 1.90 bits per heavy atom. The standard InChI is InChI=1S/C21H18N6O2/c1-28-11-13-4-3-5-16-18(13)25-21(24-16)19-15-8-14(10-23-20(15)27-26-19)12-6-7-17(29-2)22-9-12/h3-10H,11H2,1-2H3,(H,24,25)(H,23,26,27). The number of H-pyrrole nitrogens is 2. The molecule has 1 aromatic carbocycles. The van der Waals surface area contributed by atoms with Crippen LogP contribution in [0.2, 0.25) is 0 Å². The Bertz CT molecular complexity index is 1310. The van der Waals surface area contributed by atoms with Crippen LogP contribution in [0, 0.1) is 0 Å². The van der Waals surface area contributed by atoms with Crippen LogP contribution in [-0.4, -0.2) is 44.4 Å².